The first-order valence-electron chi connectivity index (χ1n) is 6.02. The number of nitrogens with zero attached hydrogens (tertiary/aromatic N) is 3. The van der Waals surface area contributed by atoms with Gasteiger partial charge in [0.1, 0.15) is 0 Å². The molecule has 6 heteroatoms. The Morgan fingerprint density at radius 1 is 1.21 bits per heavy atom. The molecule has 6 nitrogen and oxygen atoms in total. The molecule has 2 N–H and O–H groups in total. The lowest BCUT2D eigenvalue weighted by molar-refractivity contribution is 0.0950. The van der Waals surface area contributed by atoms with E-state index >= 15 is 0 Å². The van der Waals surface area contributed by atoms with Crippen molar-refractivity contribution in [1.29, 1.82) is 0 Å². The molecule has 0 unspecified atom stereocenters. The number of aromatic nitrogens is 3. The van der Waals surface area contributed by atoms with Crippen LogP contribution in [-0.4, -0.2) is 27.4 Å². The second-order valence-electron chi connectivity index (χ2n) is 3.86. The van der Waals surface area contributed by atoms with Gasteiger partial charge < -0.3 is 10.6 Å². The van der Waals surface area contributed by atoms with E-state index in [9.17, 15) is 4.79 Å². The van der Waals surface area contributed by atoms with Gasteiger partial charge in [-0.05, 0) is 24.6 Å². The molecular weight excluding hydrogens is 242 g/mol. The minimum absolute atomic E-state index is 0.195. The van der Waals surface area contributed by atoms with Gasteiger partial charge in [0, 0.05) is 37.9 Å². The maximum atomic E-state index is 11.9. The van der Waals surface area contributed by atoms with Crippen LogP contribution in [0.1, 0.15) is 22.8 Å². The number of carbonyl (C=O) groups excluding carboxylic acids is 1. The van der Waals surface area contributed by atoms with Gasteiger partial charge in [0.25, 0.3) is 5.91 Å². The van der Waals surface area contributed by atoms with Crippen LogP contribution in [0.25, 0.3) is 0 Å². The van der Waals surface area contributed by atoms with Gasteiger partial charge in [-0.3, -0.25) is 9.78 Å². The maximum absolute atomic E-state index is 11.9. The second-order valence-corrected chi connectivity index (χ2v) is 3.86. The number of carbonyl (C=O) groups is 1. The van der Waals surface area contributed by atoms with Crippen LogP contribution in [0.2, 0.25) is 0 Å². The zero-order valence-corrected chi connectivity index (χ0v) is 10.6. The van der Waals surface area contributed by atoms with Crippen molar-refractivity contribution < 1.29 is 4.79 Å². The van der Waals surface area contributed by atoms with Crippen molar-refractivity contribution in [1.82, 2.24) is 20.3 Å². The van der Waals surface area contributed by atoms with Crippen LogP contribution in [0.5, 0.6) is 0 Å². The largest absolute Gasteiger partial charge is 0.355 e. The van der Waals surface area contributed by atoms with E-state index in [-0.39, 0.29) is 5.91 Å². The Morgan fingerprint density at radius 2 is 1.89 bits per heavy atom. The summed E-state index contributed by atoms with van der Waals surface area (Å²) in [5.41, 5.74) is 1.43. The van der Waals surface area contributed by atoms with Gasteiger partial charge in [0.15, 0.2) is 0 Å². The van der Waals surface area contributed by atoms with Crippen molar-refractivity contribution in [3.05, 3.63) is 48.0 Å². The van der Waals surface area contributed by atoms with E-state index in [1.54, 1.807) is 12.4 Å². The normalized spacial score (nSPS) is 9.95. The van der Waals surface area contributed by atoms with Crippen LogP contribution in [0.15, 0.2) is 36.9 Å². The molecule has 0 aromatic carbocycles. The highest BCUT2D eigenvalue weighted by atomic mass is 16.1. The smallest absolute Gasteiger partial charge is 0.254 e. The number of pyridine rings is 1. The summed E-state index contributed by atoms with van der Waals surface area (Å²) < 4.78 is 0. The Kier molecular flexibility index (Phi) is 4.39. The predicted molar refractivity (Wildman–Crippen MR) is 71.6 cm³/mol. The van der Waals surface area contributed by atoms with Crippen LogP contribution in [0, 0.1) is 0 Å². The molecule has 2 aromatic rings. The van der Waals surface area contributed by atoms with Crippen LogP contribution in [0.4, 0.5) is 5.95 Å². The highest BCUT2D eigenvalue weighted by Gasteiger charge is 2.06. The van der Waals surface area contributed by atoms with Crippen molar-refractivity contribution >= 4 is 11.9 Å². The van der Waals surface area contributed by atoms with E-state index < -0.39 is 0 Å². The molecule has 0 atom stereocenters. The maximum Gasteiger partial charge on any atom is 0.254 e. The van der Waals surface area contributed by atoms with E-state index in [0.29, 0.717) is 18.1 Å². The third-order valence-electron chi connectivity index (χ3n) is 2.45. The summed E-state index contributed by atoms with van der Waals surface area (Å²) in [6.07, 6.45) is 6.39. The van der Waals surface area contributed by atoms with E-state index in [4.69, 9.17) is 0 Å². The first-order valence-corrected chi connectivity index (χ1v) is 6.02. The Balaban J connectivity index is 1.92. The third kappa shape index (κ3) is 3.74. The van der Waals surface area contributed by atoms with E-state index in [0.717, 1.165) is 12.1 Å². The predicted octanol–water partition coefficient (Wildman–Crippen LogP) is 1.23. The SMILES string of the molecule is CCNc1ncc(C(=O)NCc2ccncc2)cn1. The number of anilines is 1. The molecule has 0 saturated heterocycles. The molecule has 2 heterocycles. The monoisotopic (exact) mass is 257 g/mol. The minimum atomic E-state index is -0.195. The fourth-order valence-corrected chi connectivity index (χ4v) is 1.48. The summed E-state index contributed by atoms with van der Waals surface area (Å²) in [6.45, 7) is 3.16. The molecule has 2 aromatic heterocycles. The molecule has 0 aliphatic carbocycles. The lowest BCUT2D eigenvalue weighted by Gasteiger charge is -2.05. The lowest BCUT2D eigenvalue weighted by Crippen LogP contribution is -2.23. The first kappa shape index (κ1) is 12.9. The fraction of sp³-hybridized carbons (Fsp3) is 0.231. The second kappa shape index (κ2) is 6.44. The zero-order valence-electron chi connectivity index (χ0n) is 10.6. The topological polar surface area (TPSA) is 79.8 Å². The molecule has 98 valence electrons. The Hall–Kier alpha value is -2.50. The summed E-state index contributed by atoms with van der Waals surface area (Å²) in [6, 6.07) is 3.70. The molecule has 0 aliphatic heterocycles. The highest BCUT2D eigenvalue weighted by Crippen LogP contribution is 2.01. The minimum Gasteiger partial charge on any atom is -0.355 e. The summed E-state index contributed by atoms with van der Waals surface area (Å²) in [5.74, 6) is 0.327. The molecule has 0 spiro atoms. The number of rotatable bonds is 5. The van der Waals surface area contributed by atoms with Gasteiger partial charge in [-0.1, -0.05) is 0 Å². The number of amides is 1. The van der Waals surface area contributed by atoms with E-state index in [1.165, 1.54) is 12.4 Å². The van der Waals surface area contributed by atoms with E-state index in [1.807, 2.05) is 19.1 Å². The summed E-state index contributed by atoms with van der Waals surface area (Å²) >= 11 is 0. The summed E-state index contributed by atoms with van der Waals surface area (Å²) in [4.78, 5) is 23.9. The van der Waals surface area contributed by atoms with Gasteiger partial charge in [0.2, 0.25) is 5.95 Å². The van der Waals surface area contributed by atoms with Crippen molar-refractivity contribution in [2.24, 2.45) is 0 Å². The Labute approximate surface area is 111 Å². The Bertz CT molecular complexity index is 526. The molecule has 0 bridgehead atoms. The summed E-state index contributed by atoms with van der Waals surface area (Å²) in [7, 11) is 0. The van der Waals surface area contributed by atoms with Crippen LogP contribution in [-0.2, 0) is 6.54 Å². The van der Waals surface area contributed by atoms with Crippen LogP contribution >= 0.6 is 0 Å². The molecule has 2 rings (SSSR count). The van der Waals surface area contributed by atoms with Crippen LogP contribution in [0.3, 0.4) is 0 Å². The number of nitrogens with one attached hydrogen (secondary N) is 2. The lowest BCUT2D eigenvalue weighted by atomic mass is 10.2. The molecule has 1 amide bonds. The molecule has 0 aliphatic rings. The standard InChI is InChI=1S/C13H15N5O/c1-2-15-13-17-8-11(9-18-13)12(19)16-7-10-3-5-14-6-4-10/h3-6,8-9H,2,7H2,1H3,(H,16,19)(H,15,17,18). The van der Waals surface area contributed by atoms with E-state index in [2.05, 4.69) is 25.6 Å². The quantitative estimate of drug-likeness (QED) is 0.842. The van der Waals surface area contributed by atoms with Crippen molar-refractivity contribution in [3.63, 3.8) is 0 Å². The van der Waals surface area contributed by atoms with Gasteiger partial charge in [-0.25, -0.2) is 9.97 Å². The van der Waals surface area contributed by atoms with Crippen LogP contribution < -0.4 is 10.6 Å². The third-order valence-corrected chi connectivity index (χ3v) is 2.45. The van der Waals surface area contributed by atoms with Crippen molar-refractivity contribution in [2.45, 2.75) is 13.5 Å². The molecule has 0 saturated carbocycles. The van der Waals surface area contributed by atoms with Gasteiger partial charge in [0.05, 0.1) is 5.56 Å². The molecule has 0 fully saturated rings. The molecular formula is C13H15N5O. The fourth-order valence-electron chi connectivity index (χ4n) is 1.48. The van der Waals surface area contributed by atoms with Gasteiger partial charge in [-0.2, -0.15) is 0 Å². The first-order chi connectivity index (χ1) is 9.29. The van der Waals surface area contributed by atoms with Gasteiger partial charge >= 0.3 is 0 Å². The average Bonchev–Trinajstić information content (AvgIpc) is 2.47. The highest BCUT2D eigenvalue weighted by molar-refractivity contribution is 5.93. The Morgan fingerprint density at radius 3 is 2.53 bits per heavy atom. The number of hydrogen-bond donors (Lipinski definition) is 2. The molecule has 19 heavy (non-hydrogen) atoms. The number of hydrogen-bond acceptors (Lipinski definition) is 5. The van der Waals surface area contributed by atoms with Crippen molar-refractivity contribution in [2.75, 3.05) is 11.9 Å². The molecule has 0 radical (unpaired) electrons. The average molecular weight is 257 g/mol. The van der Waals surface area contributed by atoms with Gasteiger partial charge in [-0.15, -0.1) is 0 Å². The zero-order chi connectivity index (χ0) is 13.5. The van der Waals surface area contributed by atoms with Crippen molar-refractivity contribution in [3.8, 4) is 0 Å². The summed E-state index contributed by atoms with van der Waals surface area (Å²) in [5, 5.41) is 5.77.